The number of esters is 2. The highest BCUT2D eigenvalue weighted by molar-refractivity contribution is 5.70. The molecule has 0 rings (SSSR count). The van der Waals surface area contributed by atoms with Crippen molar-refractivity contribution >= 4 is 11.9 Å². The van der Waals surface area contributed by atoms with Crippen LogP contribution in [0.4, 0.5) is 0 Å². The van der Waals surface area contributed by atoms with Gasteiger partial charge in [-0.15, -0.1) is 0 Å². The van der Waals surface area contributed by atoms with Crippen LogP contribution in [0.25, 0.3) is 0 Å². The summed E-state index contributed by atoms with van der Waals surface area (Å²) in [5.74, 6) is -0.588. The van der Waals surface area contributed by atoms with Gasteiger partial charge in [0.05, 0.1) is 6.61 Å². The van der Waals surface area contributed by atoms with Gasteiger partial charge in [-0.25, -0.2) is 0 Å². The van der Waals surface area contributed by atoms with Crippen molar-refractivity contribution in [3.05, 3.63) is 24.3 Å². The second-order valence-corrected chi connectivity index (χ2v) is 17.9. The monoisotopic (exact) mass is 831 g/mol. The number of aliphatic hydroxyl groups excluding tert-OH is 1. The van der Waals surface area contributed by atoms with E-state index in [1.807, 2.05) is 0 Å². The van der Waals surface area contributed by atoms with Gasteiger partial charge in [0.1, 0.15) is 6.61 Å². The number of hydrogen-bond acceptors (Lipinski definition) is 5. The van der Waals surface area contributed by atoms with Crippen LogP contribution in [0.15, 0.2) is 24.3 Å². The van der Waals surface area contributed by atoms with Gasteiger partial charge in [-0.3, -0.25) is 9.59 Å². The summed E-state index contributed by atoms with van der Waals surface area (Å²) in [6.07, 6.45) is 63.0. The van der Waals surface area contributed by atoms with Crippen LogP contribution in [0.2, 0.25) is 0 Å². The van der Waals surface area contributed by atoms with Gasteiger partial charge >= 0.3 is 11.9 Å². The number of aliphatic hydroxyl groups is 1. The van der Waals surface area contributed by atoms with Crippen molar-refractivity contribution in [1.29, 1.82) is 0 Å². The summed E-state index contributed by atoms with van der Waals surface area (Å²) >= 11 is 0. The molecule has 0 aliphatic rings. The molecule has 1 atom stereocenters. The maximum absolute atomic E-state index is 12.2. The number of allylic oxidation sites excluding steroid dienone is 4. The molecule has 0 heterocycles. The molecule has 0 aromatic rings. The summed E-state index contributed by atoms with van der Waals surface area (Å²) in [6, 6.07) is 0. The van der Waals surface area contributed by atoms with Crippen LogP contribution in [0.5, 0.6) is 0 Å². The molecule has 0 aromatic carbocycles. The Labute approximate surface area is 368 Å². The van der Waals surface area contributed by atoms with Crippen LogP contribution >= 0.6 is 0 Å². The van der Waals surface area contributed by atoms with Crippen molar-refractivity contribution in [1.82, 2.24) is 0 Å². The van der Waals surface area contributed by atoms with Gasteiger partial charge in [0.2, 0.25) is 0 Å². The number of ether oxygens (including phenoxy) is 2. The Morgan fingerprint density at radius 3 is 0.949 bits per heavy atom. The molecule has 0 amide bonds. The lowest BCUT2D eigenvalue weighted by Gasteiger charge is -2.15. The molecule has 0 fully saturated rings. The minimum atomic E-state index is -0.770. The van der Waals surface area contributed by atoms with E-state index in [2.05, 4.69) is 38.2 Å². The van der Waals surface area contributed by atoms with E-state index < -0.39 is 6.10 Å². The molecule has 348 valence electrons. The van der Waals surface area contributed by atoms with E-state index in [1.54, 1.807) is 0 Å². The average Bonchev–Trinajstić information content (AvgIpc) is 3.24. The summed E-state index contributed by atoms with van der Waals surface area (Å²) in [6.45, 7) is 4.13. The summed E-state index contributed by atoms with van der Waals surface area (Å²) in [5.41, 5.74) is 0. The molecule has 1 unspecified atom stereocenters. The summed E-state index contributed by atoms with van der Waals surface area (Å²) in [7, 11) is 0. The van der Waals surface area contributed by atoms with Crippen molar-refractivity contribution in [2.24, 2.45) is 0 Å². The third-order valence-corrected chi connectivity index (χ3v) is 12.0. The highest BCUT2D eigenvalue weighted by Crippen LogP contribution is 2.17. The SMILES string of the molecule is CCCCC/C=C\CCCCCCCC(=O)OCC(CO)OC(=O)CCCCCCCCCCCCCCCCCCCCCCC/C=C\CCCCCCCCCC. The minimum Gasteiger partial charge on any atom is -0.462 e. The fraction of sp³-hybridized carbons (Fsp3) is 0.889. The zero-order valence-electron chi connectivity index (χ0n) is 39.8. The Hall–Kier alpha value is -1.62. The topological polar surface area (TPSA) is 72.8 Å². The molecule has 0 spiro atoms. The zero-order valence-corrected chi connectivity index (χ0v) is 39.8. The Morgan fingerprint density at radius 2 is 0.627 bits per heavy atom. The van der Waals surface area contributed by atoms with E-state index in [0.29, 0.717) is 12.8 Å². The second kappa shape index (κ2) is 50.7. The van der Waals surface area contributed by atoms with Crippen LogP contribution in [-0.2, 0) is 19.1 Å². The number of rotatable bonds is 49. The van der Waals surface area contributed by atoms with E-state index in [1.165, 1.54) is 218 Å². The van der Waals surface area contributed by atoms with Crippen LogP contribution < -0.4 is 0 Å². The fourth-order valence-electron chi connectivity index (χ4n) is 7.96. The summed E-state index contributed by atoms with van der Waals surface area (Å²) in [5, 5.41) is 9.60. The first-order chi connectivity index (χ1) is 29.1. The molecule has 0 radical (unpaired) electrons. The molecular formula is C54H102O5. The maximum Gasteiger partial charge on any atom is 0.306 e. The molecule has 5 heteroatoms. The standard InChI is InChI=1S/C54H102O5/c1-3-5-7-9-11-13-15-17-18-19-20-21-22-23-24-25-26-27-28-29-30-31-32-33-34-35-36-37-39-41-43-45-47-49-54(57)59-52(50-55)51-58-53(56)48-46-44-42-40-38-16-14-12-10-8-6-4-2/h12,14,19-20,52,55H,3-11,13,15-18,21-51H2,1-2H3/b14-12-,20-19-. The van der Waals surface area contributed by atoms with E-state index in [9.17, 15) is 14.7 Å². The van der Waals surface area contributed by atoms with E-state index in [-0.39, 0.29) is 25.2 Å². The molecule has 0 saturated carbocycles. The van der Waals surface area contributed by atoms with Gasteiger partial charge in [-0.1, -0.05) is 237 Å². The summed E-state index contributed by atoms with van der Waals surface area (Å²) < 4.78 is 10.6. The van der Waals surface area contributed by atoms with Gasteiger partial charge in [0.25, 0.3) is 0 Å². The van der Waals surface area contributed by atoms with E-state index in [4.69, 9.17) is 9.47 Å². The third-order valence-electron chi connectivity index (χ3n) is 12.0. The van der Waals surface area contributed by atoms with Crippen molar-refractivity contribution in [2.45, 2.75) is 296 Å². The van der Waals surface area contributed by atoms with E-state index in [0.717, 1.165) is 44.9 Å². The first kappa shape index (κ1) is 57.4. The van der Waals surface area contributed by atoms with Gasteiger partial charge in [0, 0.05) is 12.8 Å². The highest BCUT2D eigenvalue weighted by Gasteiger charge is 2.16. The average molecular weight is 831 g/mol. The molecule has 59 heavy (non-hydrogen) atoms. The fourth-order valence-corrected chi connectivity index (χ4v) is 7.96. The molecule has 0 aliphatic heterocycles. The quantitative estimate of drug-likeness (QED) is 0.0376. The first-order valence-electron chi connectivity index (χ1n) is 26.4. The van der Waals surface area contributed by atoms with Gasteiger partial charge in [-0.05, 0) is 64.2 Å². The zero-order chi connectivity index (χ0) is 42.8. The van der Waals surface area contributed by atoms with Crippen molar-refractivity contribution < 1.29 is 24.2 Å². The Morgan fingerprint density at radius 1 is 0.373 bits per heavy atom. The van der Waals surface area contributed by atoms with Crippen LogP contribution in [-0.4, -0.2) is 36.4 Å². The molecule has 0 aliphatic carbocycles. The molecular weight excluding hydrogens is 729 g/mol. The lowest BCUT2D eigenvalue weighted by Crippen LogP contribution is -2.28. The minimum absolute atomic E-state index is 0.0654. The van der Waals surface area contributed by atoms with Gasteiger partial charge < -0.3 is 14.6 Å². The van der Waals surface area contributed by atoms with Gasteiger partial charge in [-0.2, -0.15) is 0 Å². The number of hydrogen-bond donors (Lipinski definition) is 1. The molecule has 0 aromatic heterocycles. The van der Waals surface area contributed by atoms with E-state index >= 15 is 0 Å². The molecule has 0 saturated heterocycles. The van der Waals surface area contributed by atoms with Crippen LogP contribution in [0, 0.1) is 0 Å². The Bertz CT molecular complexity index is 897. The largest absolute Gasteiger partial charge is 0.462 e. The predicted octanol–water partition coefficient (Wildman–Crippen LogP) is 17.4. The second-order valence-electron chi connectivity index (χ2n) is 17.9. The third kappa shape index (κ3) is 48.9. The molecule has 0 bridgehead atoms. The Kier molecular flexibility index (Phi) is 49.3. The molecule has 5 nitrogen and oxygen atoms in total. The lowest BCUT2D eigenvalue weighted by atomic mass is 10.0. The van der Waals surface area contributed by atoms with Crippen molar-refractivity contribution in [2.75, 3.05) is 13.2 Å². The van der Waals surface area contributed by atoms with Crippen molar-refractivity contribution in [3.8, 4) is 0 Å². The highest BCUT2D eigenvalue weighted by atomic mass is 16.6. The first-order valence-corrected chi connectivity index (χ1v) is 26.4. The predicted molar refractivity (Wildman–Crippen MR) is 256 cm³/mol. The van der Waals surface area contributed by atoms with Gasteiger partial charge in [0.15, 0.2) is 6.10 Å². The lowest BCUT2D eigenvalue weighted by molar-refractivity contribution is -0.161. The summed E-state index contributed by atoms with van der Waals surface area (Å²) in [4.78, 5) is 24.3. The normalized spacial score (nSPS) is 12.3. The smallest absolute Gasteiger partial charge is 0.306 e. The van der Waals surface area contributed by atoms with Crippen molar-refractivity contribution in [3.63, 3.8) is 0 Å². The van der Waals surface area contributed by atoms with Crippen LogP contribution in [0.3, 0.4) is 0 Å². The Balaban J connectivity index is 3.38. The van der Waals surface area contributed by atoms with Crippen LogP contribution in [0.1, 0.15) is 290 Å². The molecule has 1 N–H and O–H groups in total. The number of carbonyl (C=O) groups is 2. The maximum atomic E-state index is 12.2. The number of carbonyl (C=O) groups excluding carboxylic acids is 2. The number of unbranched alkanes of at least 4 members (excludes halogenated alkanes) is 37.